The first-order valence-corrected chi connectivity index (χ1v) is 8.53. The van der Waals surface area contributed by atoms with E-state index < -0.39 is 29.3 Å². The summed E-state index contributed by atoms with van der Waals surface area (Å²) in [5, 5.41) is 0.488. The molecular weight excluding hydrogens is 367 g/mol. The topological polar surface area (TPSA) is 22.4 Å². The molecule has 142 valence electrons. The van der Waals surface area contributed by atoms with Crippen LogP contribution in [0, 0.1) is 17.6 Å². The van der Waals surface area contributed by atoms with E-state index in [9.17, 15) is 17.6 Å². The van der Waals surface area contributed by atoms with Crippen molar-refractivity contribution < 1.29 is 31.1 Å². The van der Waals surface area contributed by atoms with E-state index in [4.69, 9.17) is 4.42 Å². The number of allylic oxidation sites excluding steroid dienone is 2. The molecule has 0 fully saturated rings. The van der Waals surface area contributed by atoms with E-state index in [-0.39, 0.29) is 11.0 Å². The van der Waals surface area contributed by atoms with E-state index in [2.05, 4.69) is 11.7 Å². The van der Waals surface area contributed by atoms with Crippen LogP contribution in [-0.4, -0.2) is 6.36 Å². The Bertz CT molecular complexity index is 1060. The summed E-state index contributed by atoms with van der Waals surface area (Å²) < 4.78 is 75.6. The number of furan rings is 1. The van der Waals surface area contributed by atoms with E-state index >= 15 is 4.39 Å². The highest BCUT2D eigenvalue weighted by molar-refractivity contribution is 6.06. The van der Waals surface area contributed by atoms with Gasteiger partial charge >= 0.3 is 6.36 Å². The van der Waals surface area contributed by atoms with Gasteiger partial charge in [-0.15, -0.1) is 13.2 Å². The van der Waals surface area contributed by atoms with Crippen molar-refractivity contribution in [1.82, 2.24) is 0 Å². The molecule has 4 rings (SSSR count). The standard InChI is InChI=1S/C20H15F5O2/c1-10-2-4-11(5-3-10)12-6-7-13-14-8-9-15(27-20(23,24)25)17(22)19(14)26-18(13)16(12)21/h4,6-10H,2-3,5H2,1H3. The molecule has 1 unspecified atom stereocenters. The van der Waals surface area contributed by atoms with Gasteiger partial charge in [0.15, 0.2) is 22.7 Å². The lowest BCUT2D eigenvalue weighted by Crippen LogP contribution is -2.17. The molecule has 1 atom stereocenters. The molecule has 2 nitrogen and oxygen atoms in total. The maximum Gasteiger partial charge on any atom is 0.573 e. The number of halogens is 5. The molecule has 1 aliphatic rings. The number of hydrogen-bond donors (Lipinski definition) is 0. The third-order valence-corrected chi connectivity index (χ3v) is 4.90. The zero-order chi connectivity index (χ0) is 19.3. The van der Waals surface area contributed by atoms with Crippen LogP contribution in [0.2, 0.25) is 0 Å². The van der Waals surface area contributed by atoms with Crippen molar-refractivity contribution in [3.63, 3.8) is 0 Å². The van der Waals surface area contributed by atoms with Crippen molar-refractivity contribution >= 4 is 27.5 Å². The second-order valence-corrected chi connectivity index (χ2v) is 6.82. The van der Waals surface area contributed by atoms with Crippen LogP contribution in [0.3, 0.4) is 0 Å². The van der Waals surface area contributed by atoms with Gasteiger partial charge in [-0.2, -0.15) is 4.39 Å². The molecular formula is C20H15F5O2. The van der Waals surface area contributed by atoms with Crippen LogP contribution in [0.4, 0.5) is 22.0 Å². The summed E-state index contributed by atoms with van der Waals surface area (Å²) >= 11 is 0. The quantitative estimate of drug-likeness (QED) is 0.447. The van der Waals surface area contributed by atoms with Gasteiger partial charge < -0.3 is 9.15 Å². The molecule has 1 aliphatic carbocycles. The first-order valence-electron chi connectivity index (χ1n) is 8.53. The van der Waals surface area contributed by atoms with Crippen LogP contribution in [0.5, 0.6) is 5.75 Å². The largest absolute Gasteiger partial charge is 0.573 e. The number of fused-ring (bicyclic) bond motifs is 3. The number of rotatable bonds is 2. The Hall–Kier alpha value is -2.57. The predicted octanol–water partition coefficient (Wildman–Crippen LogP) is 6.97. The highest BCUT2D eigenvalue weighted by Crippen LogP contribution is 2.40. The summed E-state index contributed by atoms with van der Waals surface area (Å²) in [6, 6.07) is 5.29. The van der Waals surface area contributed by atoms with Crippen LogP contribution >= 0.6 is 0 Å². The Balaban J connectivity index is 1.86. The van der Waals surface area contributed by atoms with Gasteiger partial charge in [-0.05, 0) is 49.0 Å². The second-order valence-electron chi connectivity index (χ2n) is 6.82. The SMILES string of the molecule is CC1CC=C(c2ccc3c(oc4c(F)c(OC(F)(F)F)ccc43)c2F)CC1. The zero-order valence-electron chi connectivity index (χ0n) is 14.3. The fourth-order valence-corrected chi connectivity index (χ4v) is 3.48. The molecule has 0 amide bonds. The number of ether oxygens (including phenoxy) is 1. The summed E-state index contributed by atoms with van der Waals surface area (Å²) in [6.45, 7) is 2.12. The fraction of sp³-hybridized carbons (Fsp3) is 0.300. The van der Waals surface area contributed by atoms with E-state index in [0.717, 1.165) is 30.9 Å². The molecule has 27 heavy (non-hydrogen) atoms. The summed E-state index contributed by atoms with van der Waals surface area (Å²) in [5.41, 5.74) is 0.592. The molecule has 0 saturated heterocycles. The van der Waals surface area contributed by atoms with Gasteiger partial charge in [-0.3, -0.25) is 0 Å². The van der Waals surface area contributed by atoms with E-state index in [0.29, 0.717) is 16.9 Å². The van der Waals surface area contributed by atoms with Gasteiger partial charge in [-0.1, -0.05) is 19.1 Å². The zero-order valence-corrected chi connectivity index (χ0v) is 14.3. The van der Waals surface area contributed by atoms with Crippen LogP contribution in [0.15, 0.2) is 34.8 Å². The van der Waals surface area contributed by atoms with Gasteiger partial charge in [0.2, 0.25) is 5.82 Å². The minimum atomic E-state index is -5.04. The molecule has 1 heterocycles. The minimum Gasteiger partial charge on any atom is -0.450 e. The van der Waals surface area contributed by atoms with Crippen molar-refractivity contribution in [2.45, 2.75) is 32.5 Å². The normalized spacial score (nSPS) is 18.1. The average Bonchev–Trinajstić information content (AvgIpc) is 2.98. The summed E-state index contributed by atoms with van der Waals surface area (Å²) in [7, 11) is 0. The first kappa shape index (κ1) is 17.8. The molecule has 0 saturated carbocycles. The fourth-order valence-electron chi connectivity index (χ4n) is 3.48. The van der Waals surface area contributed by atoms with Crippen LogP contribution in [-0.2, 0) is 0 Å². The molecule has 0 spiro atoms. The molecule has 0 aliphatic heterocycles. The second kappa shape index (κ2) is 6.25. The van der Waals surface area contributed by atoms with Crippen LogP contribution in [0.25, 0.3) is 27.5 Å². The van der Waals surface area contributed by atoms with Gasteiger partial charge in [0, 0.05) is 16.3 Å². The highest BCUT2D eigenvalue weighted by atomic mass is 19.4. The lowest BCUT2D eigenvalue weighted by atomic mass is 9.87. The molecule has 2 aromatic carbocycles. The summed E-state index contributed by atoms with van der Waals surface area (Å²) in [5.74, 6) is -2.43. The minimum absolute atomic E-state index is 0.176. The van der Waals surface area contributed by atoms with Crippen molar-refractivity contribution in [1.29, 1.82) is 0 Å². The van der Waals surface area contributed by atoms with Gasteiger partial charge in [0.25, 0.3) is 0 Å². The Morgan fingerprint density at radius 2 is 1.67 bits per heavy atom. The maximum atomic E-state index is 15.0. The van der Waals surface area contributed by atoms with E-state index in [1.54, 1.807) is 12.1 Å². The monoisotopic (exact) mass is 382 g/mol. The molecule has 0 N–H and O–H groups in total. The predicted molar refractivity (Wildman–Crippen MR) is 91.3 cm³/mol. The van der Waals surface area contributed by atoms with Crippen molar-refractivity contribution in [2.75, 3.05) is 0 Å². The van der Waals surface area contributed by atoms with Crippen LogP contribution in [0.1, 0.15) is 31.7 Å². The van der Waals surface area contributed by atoms with Crippen molar-refractivity contribution in [3.05, 3.63) is 47.5 Å². The van der Waals surface area contributed by atoms with Crippen LogP contribution < -0.4 is 4.74 Å². The molecule has 7 heteroatoms. The van der Waals surface area contributed by atoms with E-state index in [1.807, 2.05) is 6.08 Å². The maximum absolute atomic E-state index is 15.0. The summed E-state index contributed by atoms with van der Waals surface area (Å²) in [4.78, 5) is 0. The molecule has 1 aromatic heterocycles. The lowest BCUT2D eigenvalue weighted by Gasteiger charge is -2.18. The number of hydrogen-bond acceptors (Lipinski definition) is 2. The summed E-state index contributed by atoms with van der Waals surface area (Å²) in [6.07, 6.45) is -0.544. The van der Waals surface area contributed by atoms with Gasteiger partial charge in [0.05, 0.1) is 0 Å². The number of benzene rings is 2. The third-order valence-electron chi connectivity index (χ3n) is 4.90. The van der Waals surface area contributed by atoms with Crippen molar-refractivity contribution in [2.24, 2.45) is 5.92 Å². The molecule has 3 aromatic rings. The average molecular weight is 382 g/mol. The molecule has 0 radical (unpaired) electrons. The lowest BCUT2D eigenvalue weighted by molar-refractivity contribution is -0.275. The van der Waals surface area contributed by atoms with E-state index in [1.165, 1.54) is 6.07 Å². The number of alkyl halides is 3. The smallest absolute Gasteiger partial charge is 0.450 e. The Kier molecular flexibility index (Phi) is 4.13. The first-order chi connectivity index (χ1) is 12.7. The Morgan fingerprint density at radius 3 is 2.30 bits per heavy atom. The highest BCUT2D eigenvalue weighted by Gasteiger charge is 2.33. The Morgan fingerprint density at radius 1 is 1.00 bits per heavy atom. The Labute approximate surface area is 151 Å². The molecule has 0 bridgehead atoms. The van der Waals surface area contributed by atoms with Crippen molar-refractivity contribution in [3.8, 4) is 5.75 Å². The van der Waals surface area contributed by atoms with Gasteiger partial charge in [-0.25, -0.2) is 4.39 Å². The third kappa shape index (κ3) is 3.15. The van der Waals surface area contributed by atoms with Gasteiger partial charge in [0.1, 0.15) is 0 Å².